The number of halogens is 1. The quantitative estimate of drug-likeness (QED) is 0.746. The van der Waals surface area contributed by atoms with Gasteiger partial charge in [0.1, 0.15) is 0 Å². The van der Waals surface area contributed by atoms with Crippen LogP contribution in [0.25, 0.3) is 0 Å². The maximum Gasteiger partial charge on any atom is 0.251 e. The van der Waals surface area contributed by atoms with Gasteiger partial charge in [-0.3, -0.25) is 4.79 Å². The number of rotatable bonds is 7. The maximum absolute atomic E-state index is 12.7. The molecule has 2 N–H and O–H groups in total. The topological polar surface area (TPSA) is 78.5 Å². The molecule has 0 aromatic heterocycles. The van der Waals surface area contributed by atoms with Crippen molar-refractivity contribution >= 4 is 28.3 Å². The first-order chi connectivity index (χ1) is 11.4. The summed E-state index contributed by atoms with van der Waals surface area (Å²) < 4.78 is 26.9. The van der Waals surface area contributed by atoms with Gasteiger partial charge in [-0.25, -0.2) is 8.42 Å². The summed E-state index contributed by atoms with van der Waals surface area (Å²) in [5, 5.41) is 6.21. The molecule has 6 nitrogen and oxygen atoms in total. The summed E-state index contributed by atoms with van der Waals surface area (Å²) in [5.41, 5.74) is 1.03. The zero-order valence-corrected chi connectivity index (χ0v) is 16.7. The Morgan fingerprint density at radius 1 is 1.32 bits per heavy atom. The molecule has 142 valence electrons. The number of aryl methyl sites for hydroxylation is 1. The van der Waals surface area contributed by atoms with Gasteiger partial charge in [0, 0.05) is 31.2 Å². The maximum atomic E-state index is 12.7. The SMILES string of the molecule is CCN(CC)S(=O)(=O)c1cc(C(=O)NCC2CCCN2)ccc1C.Cl. The van der Waals surface area contributed by atoms with Crippen LogP contribution in [-0.4, -0.2) is 50.9 Å². The molecule has 0 aliphatic carbocycles. The smallest absolute Gasteiger partial charge is 0.251 e. The second-order valence-corrected chi connectivity index (χ2v) is 7.98. The normalized spacial score (nSPS) is 17.4. The lowest BCUT2D eigenvalue weighted by atomic mass is 10.1. The lowest BCUT2D eigenvalue weighted by Gasteiger charge is -2.20. The van der Waals surface area contributed by atoms with Crippen molar-refractivity contribution in [2.75, 3.05) is 26.2 Å². The fourth-order valence-electron chi connectivity index (χ4n) is 2.97. The van der Waals surface area contributed by atoms with E-state index < -0.39 is 10.0 Å². The average molecular weight is 390 g/mol. The van der Waals surface area contributed by atoms with Crippen LogP contribution in [0.4, 0.5) is 0 Å². The largest absolute Gasteiger partial charge is 0.350 e. The lowest BCUT2D eigenvalue weighted by molar-refractivity contribution is 0.0950. The number of carbonyl (C=O) groups is 1. The molecule has 1 unspecified atom stereocenters. The summed E-state index contributed by atoms with van der Waals surface area (Å²) in [6, 6.07) is 5.16. The van der Waals surface area contributed by atoms with Crippen LogP contribution in [-0.2, 0) is 10.0 Å². The molecule has 1 aromatic carbocycles. The number of benzene rings is 1. The van der Waals surface area contributed by atoms with Gasteiger partial charge in [-0.1, -0.05) is 19.9 Å². The third-order valence-electron chi connectivity index (χ3n) is 4.44. The van der Waals surface area contributed by atoms with Crippen LogP contribution in [0.5, 0.6) is 0 Å². The Labute approximate surface area is 156 Å². The molecule has 0 spiro atoms. The molecule has 0 radical (unpaired) electrons. The first-order valence-electron chi connectivity index (χ1n) is 8.52. The third kappa shape index (κ3) is 5.17. The molecule has 1 amide bonds. The number of amides is 1. The molecule has 0 saturated carbocycles. The van der Waals surface area contributed by atoms with E-state index in [9.17, 15) is 13.2 Å². The van der Waals surface area contributed by atoms with E-state index in [1.54, 1.807) is 19.1 Å². The molecule has 1 saturated heterocycles. The van der Waals surface area contributed by atoms with Gasteiger partial charge in [-0.15, -0.1) is 12.4 Å². The minimum Gasteiger partial charge on any atom is -0.350 e. The minimum atomic E-state index is -3.58. The van der Waals surface area contributed by atoms with Gasteiger partial charge in [-0.05, 0) is 44.0 Å². The van der Waals surface area contributed by atoms with Crippen molar-refractivity contribution in [3.05, 3.63) is 29.3 Å². The van der Waals surface area contributed by atoms with Gasteiger partial charge in [0.15, 0.2) is 0 Å². The lowest BCUT2D eigenvalue weighted by Crippen LogP contribution is -2.37. The predicted molar refractivity (Wildman–Crippen MR) is 102 cm³/mol. The van der Waals surface area contributed by atoms with Crippen molar-refractivity contribution in [3.63, 3.8) is 0 Å². The van der Waals surface area contributed by atoms with Crippen LogP contribution < -0.4 is 10.6 Å². The van der Waals surface area contributed by atoms with Crippen molar-refractivity contribution in [3.8, 4) is 0 Å². The summed E-state index contributed by atoms with van der Waals surface area (Å²) in [6.45, 7) is 7.72. The highest BCUT2D eigenvalue weighted by Gasteiger charge is 2.25. The highest BCUT2D eigenvalue weighted by Crippen LogP contribution is 2.21. The summed E-state index contributed by atoms with van der Waals surface area (Å²) >= 11 is 0. The van der Waals surface area contributed by atoms with Gasteiger partial charge in [-0.2, -0.15) is 4.31 Å². The van der Waals surface area contributed by atoms with Crippen molar-refractivity contribution in [1.29, 1.82) is 0 Å². The first-order valence-corrected chi connectivity index (χ1v) is 9.96. The summed E-state index contributed by atoms with van der Waals surface area (Å²) in [7, 11) is -3.58. The molecular weight excluding hydrogens is 362 g/mol. The summed E-state index contributed by atoms with van der Waals surface area (Å²) in [4.78, 5) is 12.6. The molecule has 1 aliphatic rings. The summed E-state index contributed by atoms with van der Waals surface area (Å²) in [5.74, 6) is -0.236. The molecule has 1 atom stereocenters. The van der Waals surface area contributed by atoms with Crippen LogP contribution in [0.2, 0.25) is 0 Å². The number of hydrogen-bond acceptors (Lipinski definition) is 4. The van der Waals surface area contributed by atoms with Crippen LogP contribution >= 0.6 is 12.4 Å². The molecule has 1 aromatic rings. The second-order valence-electron chi connectivity index (χ2n) is 6.07. The van der Waals surface area contributed by atoms with Crippen LogP contribution in [0, 0.1) is 6.92 Å². The van der Waals surface area contributed by atoms with E-state index in [2.05, 4.69) is 10.6 Å². The monoisotopic (exact) mass is 389 g/mol. The van der Waals surface area contributed by atoms with E-state index >= 15 is 0 Å². The van der Waals surface area contributed by atoms with Crippen molar-refractivity contribution in [1.82, 2.24) is 14.9 Å². The van der Waals surface area contributed by atoms with Gasteiger partial charge >= 0.3 is 0 Å². The van der Waals surface area contributed by atoms with E-state index in [0.29, 0.717) is 36.8 Å². The first kappa shape index (κ1) is 21.9. The van der Waals surface area contributed by atoms with E-state index in [-0.39, 0.29) is 23.2 Å². The van der Waals surface area contributed by atoms with E-state index in [0.717, 1.165) is 19.4 Å². The average Bonchev–Trinajstić information content (AvgIpc) is 3.07. The molecule has 1 heterocycles. The molecule has 1 fully saturated rings. The van der Waals surface area contributed by atoms with Crippen LogP contribution in [0.3, 0.4) is 0 Å². The Morgan fingerprint density at radius 3 is 2.56 bits per heavy atom. The molecule has 0 bridgehead atoms. The Bertz CT molecular complexity index is 684. The predicted octanol–water partition coefficient (Wildman–Crippen LogP) is 1.93. The molecule has 1 aliphatic heterocycles. The zero-order valence-electron chi connectivity index (χ0n) is 15.0. The van der Waals surface area contributed by atoms with Gasteiger partial charge in [0.25, 0.3) is 5.91 Å². The number of carbonyl (C=O) groups excluding carboxylic acids is 1. The number of nitrogens with one attached hydrogen (secondary N) is 2. The molecule has 2 rings (SSSR count). The summed E-state index contributed by atoms with van der Waals surface area (Å²) in [6.07, 6.45) is 2.17. The highest BCUT2D eigenvalue weighted by atomic mass is 35.5. The fraction of sp³-hybridized carbons (Fsp3) is 0.588. The van der Waals surface area contributed by atoms with E-state index in [1.807, 2.05) is 13.8 Å². The van der Waals surface area contributed by atoms with Gasteiger partial charge in [0.2, 0.25) is 10.0 Å². The van der Waals surface area contributed by atoms with Crippen molar-refractivity contribution in [2.45, 2.75) is 44.6 Å². The number of sulfonamides is 1. The Kier molecular flexibility index (Phi) is 8.34. The van der Waals surface area contributed by atoms with Crippen LogP contribution in [0.15, 0.2) is 23.1 Å². The third-order valence-corrected chi connectivity index (χ3v) is 6.64. The van der Waals surface area contributed by atoms with Crippen molar-refractivity contribution < 1.29 is 13.2 Å². The zero-order chi connectivity index (χ0) is 17.7. The Hall–Kier alpha value is -1.15. The Balaban J connectivity index is 0.00000312. The highest BCUT2D eigenvalue weighted by molar-refractivity contribution is 7.89. The number of nitrogens with zero attached hydrogens (tertiary/aromatic N) is 1. The van der Waals surface area contributed by atoms with Crippen molar-refractivity contribution in [2.24, 2.45) is 0 Å². The number of hydrogen-bond donors (Lipinski definition) is 2. The van der Waals surface area contributed by atoms with Crippen LogP contribution in [0.1, 0.15) is 42.6 Å². The molecular formula is C17H28ClN3O3S. The Morgan fingerprint density at radius 2 is 2.00 bits per heavy atom. The molecule has 25 heavy (non-hydrogen) atoms. The standard InChI is InChI=1S/C17H27N3O3S.ClH/c1-4-20(5-2)24(22,23)16-11-14(9-8-13(16)3)17(21)19-12-15-7-6-10-18-15;/h8-9,11,15,18H,4-7,10,12H2,1-3H3,(H,19,21);1H. The van der Waals surface area contributed by atoms with E-state index in [1.165, 1.54) is 10.4 Å². The second kappa shape index (κ2) is 9.52. The minimum absolute atomic E-state index is 0. The van der Waals surface area contributed by atoms with E-state index in [4.69, 9.17) is 0 Å². The molecule has 8 heteroatoms. The van der Waals surface area contributed by atoms with Gasteiger partial charge in [0.05, 0.1) is 4.90 Å². The fourth-order valence-corrected chi connectivity index (χ4v) is 4.68. The van der Waals surface area contributed by atoms with Gasteiger partial charge < -0.3 is 10.6 Å².